The minimum Gasteiger partial charge on any atom is -0.385 e. The summed E-state index contributed by atoms with van der Waals surface area (Å²) in [6, 6.07) is 0. The molecule has 0 aromatic rings. The molecular weight excluding hydrogens is 238 g/mol. The number of rotatable bonds is 7. The molecule has 0 aromatic heterocycles. The summed E-state index contributed by atoms with van der Waals surface area (Å²) < 4.78 is 11.3. The van der Waals surface area contributed by atoms with Crippen molar-refractivity contribution in [1.29, 1.82) is 0 Å². The summed E-state index contributed by atoms with van der Waals surface area (Å²) in [7, 11) is 1.74. The second-order valence-electron chi connectivity index (χ2n) is 5.43. The predicted octanol–water partition coefficient (Wildman–Crippen LogP) is 2.68. The zero-order valence-electron chi connectivity index (χ0n) is 12.1. The van der Waals surface area contributed by atoms with E-state index in [4.69, 9.17) is 9.47 Å². The Labute approximate surface area is 117 Å². The maximum atomic E-state index is 6.18. The van der Waals surface area contributed by atoms with Crippen molar-refractivity contribution in [3.63, 3.8) is 0 Å². The molecular formula is C16H27NO2. The predicted molar refractivity (Wildman–Crippen MR) is 78.3 cm³/mol. The van der Waals surface area contributed by atoms with Crippen LogP contribution in [0.5, 0.6) is 0 Å². The van der Waals surface area contributed by atoms with Crippen LogP contribution < -0.4 is 5.32 Å². The lowest BCUT2D eigenvalue weighted by Crippen LogP contribution is -2.39. The van der Waals surface area contributed by atoms with Crippen LogP contribution in [0.4, 0.5) is 0 Å². The van der Waals surface area contributed by atoms with Crippen molar-refractivity contribution >= 4 is 0 Å². The number of piperidine rings is 1. The third kappa shape index (κ3) is 4.75. The number of hydrogen-bond donors (Lipinski definition) is 1. The Morgan fingerprint density at radius 3 is 3.00 bits per heavy atom. The van der Waals surface area contributed by atoms with Gasteiger partial charge in [0.2, 0.25) is 0 Å². The van der Waals surface area contributed by atoms with E-state index in [-0.39, 0.29) is 6.10 Å². The van der Waals surface area contributed by atoms with Crippen LogP contribution in [-0.2, 0) is 9.47 Å². The van der Waals surface area contributed by atoms with Crippen molar-refractivity contribution in [3.8, 4) is 0 Å². The van der Waals surface area contributed by atoms with E-state index < -0.39 is 0 Å². The molecule has 1 aliphatic heterocycles. The van der Waals surface area contributed by atoms with Crippen molar-refractivity contribution in [2.45, 2.75) is 38.2 Å². The van der Waals surface area contributed by atoms with Crippen molar-refractivity contribution in [2.24, 2.45) is 5.92 Å². The Hall–Kier alpha value is -0.640. The lowest BCUT2D eigenvalue weighted by Gasteiger charge is -2.32. The van der Waals surface area contributed by atoms with Crippen LogP contribution in [0.15, 0.2) is 23.8 Å². The van der Waals surface area contributed by atoms with Gasteiger partial charge in [-0.25, -0.2) is 0 Å². The van der Waals surface area contributed by atoms with Crippen LogP contribution in [0.25, 0.3) is 0 Å². The van der Waals surface area contributed by atoms with Gasteiger partial charge in [-0.3, -0.25) is 0 Å². The first-order chi connectivity index (χ1) is 9.42. The zero-order valence-corrected chi connectivity index (χ0v) is 12.1. The maximum Gasteiger partial charge on any atom is 0.0862 e. The molecule has 0 aromatic carbocycles. The number of methoxy groups -OCH3 is 1. The van der Waals surface area contributed by atoms with E-state index in [1.54, 1.807) is 7.11 Å². The zero-order chi connectivity index (χ0) is 13.3. The topological polar surface area (TPSA) is 30.5 Å². The summed E-state index contributed by atoms with van der Waals surface area (Å²) in [5, 5.41) is 3.50. The summed E-state index contributed by atoms with van der Waals surface area (Å²) >= 11 is 0. The molecule has 3 heteroatoms. The Kier molecular flexibility index (Phi) is 6.62. The van der Waals surface area contributed by atoms with Crippen LogP contribution >= 0.6 is 0 Å². The average molecular weight is 265 g/mol. The number of hydrogen-bond acceptors (Lipinski definition) is 3. The van der Waals surface area contributed by atoms with E-state index in [0.717, 1.165) is 39.1 Å². The highest BCUT2D eigenvalue weighted by Crippen LogP contribution is 2.26. The molecule has 0 unspecified atom stereocenters. The summed E-state index contributed by atoms with van der Waals surface area (Å²) in [5.74, 6) is 0.616. The summed E-state index contributed by atoms with van der Waals surface area (Å²) in [6.45, 7) is 3.81. The lowest BCUT2D eigenvalue weighted by molar-refractivity contribution is 0.0205. The molecule has 108 valence electrons. The van der Waals surface area contributed by atoms with E-state index >= 15 is 0 Å². The van der Waals surface area contributed by atoms with Gasteiger partial charge in [-0.2, -0.15) is 0 Å². The van der Waals surface area contributed by atoms with E-state index in [1.165, 1.54) is 24.8 Å². The number of nitrogens with one attached hydrogen (secondary N) is 1. The van der Waals surface area contributed by atoms with Gasteiger partial charge in [0, 0.05) is 32.8 Å². The molecule has 1 fully saturated rings. The van der Waals surface area contributed by atoms with Crippen LogP contribution in [-0.4, -0.2) is 39.5 Å². The first-order valence-corrected chi connectivity index (χ1v) is 7.59. The summed E-state index contributed by atoms with van der Waals surface area (Å²) in [4.78, 5) is 0. The molecule has 2 rings (SSSR count). The highest BCUT2D eigenvalue weighted by Gasteiger charge is 2.26. The summed E-state index contributed by atoms with van der Waals surface area (Å²) in [6.07, 6.45) is 13.0. The molecule has 2 atom stereocenters. The third-order valence-electron chi connectivity index (χ3n) is 3.91. The first kappa shape index (κ1) is 14.8. The van der Waals surface area contributed by atoms with Gasteiger partial charge in [0.25, 0.3) is 0 Å². The Morgan fingerprint density at radius 1 is 1.37 bits per heavy atom. The van der Waals surface area contributed by atoms with Gasteiger partial charge in [0.05, 0.1) is 6.10 Å². The van der Waals surface area contributed by atoms with Crippen molar-refractivity contribution < 1.29 is 9.47 Å². The minimum atomic E-state index is 0.265. The Balaban J connectivity index is 1.91. The van der Waals surface area contributed by atoms with Gasteiger partial charge in [0.1, 0.15) is 0 Å². The van der Waals surface area contributed by atoms with Crippen molar-refractivity contribution in [3.05, 3.63) is 23.8 Å². The van der Waals surface area contributed by atoms with Gasteiger partial charge >= 0.3 is 0 Å². The molecule has 0 radical (unpaired) electrons. The summed E-state index contributed by atoms with van der Waals surface area (Å²) in [5.41, 5.74) is 1.39. The molecule has 1 N–H and O–H groups in total. The molecule has 0 spiro atoms. The SMILES string of the molecule is COCCCO[C@@H](C1=CCCC=C1)[C@@H]1CCCNC1. The third-order valence-corrected chi connectivity index (χ3v) is 3.91. The molecule has 1 heterocycles. The van der Waals surface area contributed by atoms with Crippen LogP contribution in [0.2, 0.25) is 0 Å². The van der Waals surface area contributed by atoms with E-state index in [1.807, 2.05) is 0 Å². The van der Waals surface area contributed by atoms with Gasteiger partial charge in [-0.1, -0.05) is 18.2 Å². The second kappa shape index (κ2) is 8.51. The molecule has 19 heavy (non-hydrogen) atoms. The standard InChI is InChI=1S/C16H27NO2/c1-18-11-6-12-19-16(14-7-3-2-4-8-14)15-9-5-10-17-13-15/h3,7-8,15-17H,2,4-6,9-13H2,1H3/t15-,16+/m1/s1. The van der Waals surface area contributed by atoms with E-state index in [9.17, 15) is 0 Å². The Bertz CT molecular complexity index is 306. The highest BCUT2D eigenvalue weighted by molar-refractivity contribution is 5.27. The molecule has 2 aliphatic rings. The van der Waals surface area contributed by atoms with Gasteiger partial charge < -0.3 is 14.8 Å². The average Bonchev–Trinajstić information content (AvgIpc) is 2.49. The molecule has 0 saturated carbocycles. The maximum absolute atomic E-state index is 6.18. The molecule has 1 saturated heterocycles. The first-order valence-electron chi connectivity index (χ1n) is 7.59. The normalized spacial score (nSPS) is 25.1. The van der Waals surface area contributed by atoms with Crippen molar-refractivity contribution in [2.75, 3.05) is 33.4 Å². The number of ether oxygens (including phenoxy) is 2. The van der Waals surface area contributed by atoms with Gasteiger partial charge in [-0.15, -0.1) is 0 Å². The smallest absolute Gasteiger partial charge is 0.0862 e. The fraction of sp³-hybridized carbons (Fsp3) is 0.750. The number of allylic oxidation sites excluding steroid dienone is 2. The quantitative estimate of drug-likeness (QED) is 0.718. The van der Waals surface area contributed by atoms with E-state index in [0.29, 0.717) is 5.92 Å². The van der Waals surface area contributed by atoms with Crippen LogP contribution in [0.1, 0.15) is 32.1 Å². The molecule has 3 nitrogen and oxygen atoms in total. The minimum absolute atomic E-state index is 0.265. The molecule has 1 aliphatic carbocycles. The largest absolute Gasteiger partial charge is 0.385 e. The van der Waals surface area contributed by atoms with Crippen molar-refractivity contribution in [1.82, 2.24) is 5.32 Å². The fourth-order valence-electron chi connectivity index (χ4n) is 2.90. The lowest BCUT2D eigenvalue weighted by atomic mass is 9.87. The van der Waals surface area contributed by atoms with Crippen LogP contribution in [0.3, 0.4) is 0 Å². The Morgan fingerprint density at radius 2 is 2.32 bits per heavy atom. The van der Waals surface area contributed by atoms with Gasteiger partial charge in [0.15, 0.2) is 0 Å². The van der Waals surface area contributed by atoms with E-state index in [2.05, 4.69) is 23.5 Å². The monoisotopic (exact) mass is 265 g/mol. The highest BCUT2D eigenvalue weighted by atomic mass is 16.5. The van der Waals surface area contributed by atoms with Crippen LogP contribution in [0, 0.1) is 5.92 Å². The van der Waals surface area contributed by atoms with Gasteiger partial charge in [-0.05, 0) is 44.2 Å². The second-order valence-corrected chi connectivity index (χ2v) is 5.43. The molecule has 0 bridgehead atoms. The molecule has 0 amide bonds. The fourth-order valence-corrected chi connectivity index (χ4v) is 2.90.